The minimum Gasteiger partial charge on any atom is -0.393 e. The quantitative estimate of drug-likeness (QED) is 0.824. The second kappa shape index (κ2) is 5.21. The van der Waals surface area contributed by atoms with Crippen LogP contribution in [0.4, 0.5) is 0 Å². The summed E-state index contributed by atoms with van der Waals surface area (Å²) in [7, 11) is 1.98. The Morgan fingerprint density at radius 1 is 1.35 bits per heavy atom. The molecule has 1 N–H and O–H groups in total. The zero-order valence-electron chi connectivity index (χ0n) is 11.2. The zero-order valence-corrected chi connectivity index (χ0v) is 11.2. The first-order chi connectivity index (χ1) is 8.08. The topological polar surface area (TPSA) is 38.0 Å². The summed E-state index contributed by atoms with van der Waals surface area (Å²) < 4.78 is 1.93. The van der Waals surface area contributed by atoms with Crippen molar-refractivity contribution in [3.8, 4) is 0 Å². The molecule has 1 atom stereocenters. The van der Waals surface area contributed by atoms with Gasteiger partial charge in [-0.3, -0.25) is 4.68 Å². The van der Waals surface area contributed by atoms with E-state index in [9.17, 15) is 5.11 Å². The molecular weight excluding hydrogens is 212 g/mol. The lowest BCUT2D eigenvalue weighted by atomic mass is 10.0. The molecule has 0 aromatic carbocycles. The van der Waals surface area contributed by atoms with Crippen molar-refractivity contribution in [2.45, 2.75) is 58.5 Å². The predicted molar refractivity (Wildman–Crippen MR) is 69.0 cm³/mol. The Bertz CT molecular complexity index is 380. The van der Waals surface area contributed by atoms with E-state index in [1.807, 2.05) is 11.7 Å². The van der Waals surface area contributed by atoms with Crippen molar-refractivity contribution in [3.63, 3.8) is 0 Å². The van der Waals surface area contributed by atoms with Gasteiger partial charge in [-0.25, -0.2) is 0 Å². The van der Waals surface area contributed by atoms with Crippen molar-refractivity contribution in [2.24, 2.45) is 13.0 Å². The average Bonchev–Trinajstić information content (AvgIpc) is 3.06. The van der Waals surface area contributed by atoms with Crippen LogP contribution in [0.5, 0.6) is 0 Å². The molecule has 3 nitrogen and oxygen atoms in total. The fourth-order valence-corrected chi connectivity index (χ4v) is 2.47. The molecule has 1 aliphatic carbocycles. The van der Waals surface area contributed by atoms with Gasteiger partial charge in [-0.1, -0.05) is 12.8 Å². The van der Waals surface area contributed by atoms with Crippen molar-refractivity contribution in [1.82, 2.24) is 9.78 Å². The van der Waals surface area contributed by atoms with Gasteiger partial charge < -0.3 is 5.11 Å². The third-order valence-corrected chi connectivity index (χ3v) is 3.99. The van der Waals surface area contributed by atoms with Crippen molar-refractivity contribution in [2.75, 3.05) is 0 Å². The second-order valence-electron chi connectivity index (χ2n) is 5.49. The minimum absolute atomic E-state index is 0.130. The van der Waals surface area contributed by atoms with Crippen molar-refractivity contribution >= 4 is 0 Å². The lowest BCUT2D eigenvalue weighted by Crippen LogP contribution is -2.09. The average molecular weight is 236 g/mol. The molecule has 96 valence electrons. The maximum atomic E-state index is 9.95. The summed E-state index contributed by atoms with van der Waals surface area (Å²) in [6.07, 6.45) is 6.66. The fraction of sp³-hybridized carbons (Fsp3) is 0.786. The standard InChI is InChI=1S/C14H24N2O/c1-10-14(11(2)16(3)15-10)9-8-13(17)7-6-12-4-5-12/h12-13,17H,4-9H2,1-3H3. The summed E-state index contributed by atoms with van der Waals surface area (Å²) in [5.74, 6) is 0.923. The molecule has 0 saturated heterocycles. The SMILES string of the molecule is Cc1nn(C)c(C)c1CCC(O)CCC1CC1. The molecule has 1 fully saturated rings. The molecule has 2 rings (SSSR count). The van der Waals surface area contributed by atoms with E-state index in [-0.39, 0.29) is 6.10 Å². The van der Waals surface area contributed by atoms with Gasteiger partial charge in [0.15, 0.2) is 0 Å². The number of nitrogens with zero attached hydrogens (tertiary/aromatic N) is 2. The van der Waals surface area contributed by atoms with Crippen molar-refractivity contribution < 1.29 is 5.11 Å². The second-order valence-corrected chi connectivity index (χ2v) is 5.49. The fourth-order valence-electron chi connectivity index (χ4n) is 2.47. The van der Waals surface area contributed by atoms with Gasteiger partial charge in [-0.05, 0) is 51.0 Å². The highest BCUT2D eigenvalue weighted by atomic mass is 16.3. The Morgan fingerprint density at radius 2 is 2.06 bits per heavy atom. The van der Waals surface area contributed by atoms with Crippen LogP contribution < -0.4 is 0 Å². The highest BCUT2D eigenvalue weighted by Gasteiger charge is 2.22. The maximum absolute atomic E-state index is 9.95. The summed E-state index contributed by atoms with van der Waals surface area (Å²) in [6.45, 7) is 4.16. The number of hydrogen-bond donors (Lipinski definition) is 1. The molecule has 0 bridgehead atoms. The van der Waals surface area contributed by atoms with E-state index in [1.165, 1.54) is 30.5 Å². The molecule has 1 saturated carbocycles. The molecule has 0 aliphatic heterocycles. The van der Waals surface area contributed by atoms with Gasteiger partial charge in [0, 0.05) is 12.7 Å². The van der Waals surface area contributed by atoms with Crippen LogP contribution in [0.15, 0.2) is 0 Å². The van der Waals surface area contributed by atoms with E-state index < -0.39 is 0 Å². The third-order valence-electron chi connectivity index (χ3n) is 3.99. The number of rotatable bonds is 6. The van der Waals surface area contributed by atoms with Crippen LogP contribution in [0, 0.1) is 19.8 Å². The summed E-state index contributed by atoms with van der Waals surface area (Å²) in [4.78, 5) is 0. The van der Waals surface area contributed by atoms with E-state index in [0.29, 0.717) is 0 Å². The predicted octanol–water partition coefficient (Wildman–Crippen LogP) is 2.52. The van der Waals surface area contributed by atoms with Crippen LogP contribution in [0.3, 0.4) is 0 Å². The molecule has 17 heavy (non-hydrogen) atoms. The Morgan fingerprint density at radius 3 is 2.59 bits per heavy atom. The van der Waals surface area contributed by atoms with Gasteiger partial charge in [0.2, 0.25) is 0 Å². The van der Waals surface area contributed by atoms with Crippen LogP contribution in [0.1, 0.15) is 49.1 Å². The van der Waals surface area contributed by atoms with Gasteiger partial charge in [0.05, 0.1) is 11.8 Å². The van der Waals surface area contributed by atoms with Crippen LogP contribution in [-0.4, -0.2) is 21.0 Å². The molecule has 1 aromatic heterocycles. The molecular formula is C14H24N2O. The highest BCUT2D eigenvalue weighted by Crippen LogP contribution is 2.34. The van der Waals surface area contributed by atoms with E-state index >= 15 is 0 Å². The van der Waals surface area contributed by atoms with E-state index in [0.717, 1.165) is 30.9 Å². The Kier molecular flexibility index (Phi) is 3.87. The first kappa shape index (κ1) is 12.6. The summed E-state index contributed by atoms with van der Waals surface area (Å²) in [5, 5.41) is 14.4. The van der Waals surface area contributed by atoms with Gasteiger partial charge in [-0.15, -0.1) is 0 Å². The largest absolute Gasteiger partial charge is 0.393 e. The van der Waals surface area contributed by atoms with Crippen LogP contribution >= 0.6 is 0 Å². The summed E-state index contributed by atoms with van der Waals surface area (Å²) >= 11 is 0. The smallest absolute Gasteiger partial charge is 0.0628 e. The number of hydrogen-bond acceptors (Lipinski definition) is 2. The van der Waals surface area contributed by atoms with Crippen molar-refractivity contribution in [3.05, 3.63) is 17.0 Å². The van der Waals surface area contributed by atoms with Gasteiger partial charge in [0.25, 0.3) is 0 Å². The Labute approximate surface area is 104 Å². The first-order valence-corrected chi connectivity index (χ1v) is 6.75. The molecule has 1 unspecified atom stereocenters. The first-order valence-electron chi connectivity index (χ1n) is 6.75. The van der Waals surface area contributed by atoms with Crippen LogP contribution in [-0.2, 0) is 13.5 Å². The molecule has 0 radical (unpaired) electrons. The molecule has 1 aromatic rings. The minimum atomic E-state index is -0.130. The number of aromatic nitrogens is 2. The lowest BCUT2D eigenvalue weighted by Gasteiger charge is -2.10. The maximum Gasteiger partial charge on any atom is 0.0628 e. The zero-order chi connectivity index (χ0) is 12.4. The van der Waals surface area contributed by atoms with Gasteiger partial charge >= 0.3 is 0 Å². The molecule has 0 spiro atoms. The lowest BCUT2D eigenvalue weighted by molar-refractivity contribution is 0.150. The Balaban J connectivity index is 1.79. The monoisotopic (exact) mass is 236 g/mol. The van der Waals surface area contributed by atoms with E-state index in [2.05, 4.69) is 18.9 Å². The summed E-state index contributed by atoms with van der Waals surface area (Å²) in [6, 6.07) is 0. The van der Waals surface area contributed by atoms with Gasteiger partial charge in [-0.2, -0.15) is 5.10 Å². The number of aryl methyl sites for hydroxylation is 2. The Hall–Kier alpha value is -0.830. The molecule has 1 heterocycles. The highest BCUT2D eigenvalue weighted by molar-refractivity contribution is 5.24. The molecule has 1 aliphatic rings. The molecule has 3 heteroatoms. The molecule has 0 amide bonds. The van der Waals surface area contributed by atoms with Gasteiger partial charge in [0.1, 0.15) is 0 Å². The summed E-state index contributed by atoms with van der Waals surface area (Å²) in [5.41, 5.74) is 3.66. The number of aliphatic hydroxyl groups is 1. The van der Waals surface area contributed by atoms with E-state index in [4.69, 9.17) is 0 Å². The van der Waals surface area contributed by atoms with E-state index in [1.54, 1.807) is 0 Å². The van der Waals surface area contributed by atoms with Crippen molar-refractivity contribution in [1.29, 1.82) is 0 Å². The van der Waals surface area contributed by atoms with Crippen LogP contribution in [0.2, 0.25) is 0 Å². The normalized spacial score (nSPS) is 17.4. The van der Waals surface area contributed by atoms with Crippen LogP contribution in [0.25, 0.3) is 0 Å². The third kappa shape index (κ3) is 3.32. The number of aliphatic hydroxyl groups excluding tert-OH is 1.